The van der Waals surface area contributed by atoms with E-state index in [1.807, 2.05) is 6.07 Å². The molecule has 0 aliphatic heterocycles. The molecule has 1 aromatic rings. The average molecular weight is 278 g/mol. The molecule has 0 unspecified atom stereocenters. The molecule has 0 aliphatic carbocycles. The van der Waals surface area contributed by atoms with Gasteiger partial charge in [-0.25, -0.2) is 0 Å². The van der Waals surface area contributed by atoms with Crippen molar-refractivity contribution >= 4 is 23.5 Å². The number of rotatable bonds is 7. The Hall–Kier alpha value is -2.37. The van der Waals surface area contributed by atoms with E-state index in [4.69, 9.17) is 5.11 Å². The predicted molar refractivity (Wildman–Crippen MR) is 74.3 cm³/mol. The first-order valence-corrected chi connectivity index (χ1v) is 6.32. The Morgan fingerprint density at radius 1 is 1.20 bits per heavy atom. The minimum absolute atomic E-state index is 0.00322. The molecule has 2 N–H and O–H groups in total. The van der Waals surface area contributed by atoms with Gasteiger partial charge in [0.2, 0.25) is 11.8 Å². The summed E-state index contributed by atoms with van der Waals surface area (Å²) in [6, 6.07) is 8.96. The normalized spacial score (nSPS) is 9.85. The summed E-state index contributed by atoms with van der Waals surface area (Å²) in [4.78, 5) is 35.0. The molecule has 2 amide bonds. The highest BCUT2D eigenvalue weighted by atomic mass is 16.4. The summed E-state index contributed by atoms with van der Waals surface area (Å²) < 4.78 is 0. The van der Waals surface area contributed by atoms with Crippen LogP contribution in [0.3, 0.4) is 0 Å². The number of benzene rings is 1. The van der Waals surface area contributed by atoms with Gasteiger partial charge in [0.25, 0.3) is 0 Å². The lowest BCUT2D eigenvalue weighted by molar-refractivity contribution is -0.137. The summed E-state index contributed by atoms with van der Waals surface area (Å²) >= 11 is 0. The zero-order chi connectivity index (χ0) is 15.0. The van der Waals surface area contributed by atoms with Crippen LogP contribution in [-0.4, -0.2) is 36.0 Å². The van der Waals surface area contributed by atoms with Gasteiger partial charge >= 0.3 is 5.97 Å². The van der Waals surface area contributed by atoms with Gasteiger partial charge in [0.15, 0.2) is 0 Å². The number of nitrogens with one attached hydrogen (secondary N) is 1. The van der Waals surface area contributed by atoms with Crippen LogP contribution in [0.2, 0.25) is 0 Å². The third kappa shape index (κ3) is 5.51. The fourth-order valence-electron chi connectivity index (χ4n) is 1.69. The summed E-state index contributed by atoms with van der Waals surface area (Å²) in [5.41, 5.74) is 0.688. The molecule has 108 valence electrons. The number of carbonyl (C=O) groups is 3. The lowest BCUT2D eigenvalue weighted by Gasteiger charge is -2.22. The van der Waals surface area contributed by atoms with Crippen molar-refractivity contribution in [1.82, 2.24) is 5.32 Å². The Bertz CT molecular complexity index is 473. The SMILES string of the molecule is CC(=O)NCC(=O)N(CCCC(=O)O)c1ccccc1. The van der Waals surface area contributed by atoms with E-state index < -0.39 is 5.97 Å². The number of carboxylic acids is 1. The molecule has 0 heterocycles. The van der Waals surface area contributed by atoms with Gasteiger partial charge in [0.1, 0.15) is 0 Å². The fraction of sp³-hybridized carbons (Fsp3) is 0.357. The standard InChI is InChI=1S/C14H18N2O4/c1-11(17)15-10-13(18)16(9-5-8-14(19)20)12-6-3-2-4-7-12/h2-4,6-7H,5,8-10H2,1H3,(H,15,17)(H,19,20). The van der Waals surface area contributed by atoms with E-state index in [-0.39, 0.29) is 24.8 Å². The van der Waals surface area contributed by atoms with Gasteiger partial charge in [-0.2, -0.15) is 0 Å². The molecule has 1 aromatic carbocycles. The summed E-state index contributed by atoms with van der Waals surface area (Å²) in [5.74, 6) is -1.44. The second-order valence-electron chi connectivity index (χ2n) is 4.29. The highest BCUT2D eigenvalue weighted by Gasteiger charge is 2.15. The molecule has 0 bridgehead atoms. The second kappa shape index (κ2) is 7.93. The molecule has 6 heteroatoms. The molecule has 0 spiro atoms. The molecule has 0 aromatic heterocycles. The Balaban J connectivity index is 2.71. The minimum atomic E-state index is -0.896. The number of para-hydroxylation sites is 1. The van der Waals surface area contributed by atoms with E-state index in [0.29, 0.717) is 18.7 Å². The van der Waals surface area contributed by atoms with Crippen molar-refractivity contribution in [2.45, 2.75) is 19.8 Å². The van der Waals surface area contributed by atoms with Crippen molar-refractivity contribution in [3.05, 3.63) is 30.3 Å². The van der Waals surface area contributed by atoms with Crippen LogP contribution in [-0.2, 0) is 14.4 Å². The topological polar surface area (TPSA) is 86.7 Å². The van der Waals surface area contributed by atoms with Crippen LogP contribution in [0.1, 0.15) is 19.8 Å². The van der Waals surface area contributed by atoms with Gasteiger partial charge in [-0.05, 0) is 18.6 Å². The first kappa shape index (κ1) is 15.7. The van der Waals surface area contributed by atoms with E-state index in [2.05, 4.69) is 5.32 Å². The minimum Gasteiger partial charge on any atom is -0.481 e. The number of amides is 2. The predicted octanol–water partition coefficient (Wildman–Crippen LogP) is 1.02. The van der Waals surface area contributed by atoms with E-state index in [9.17, 15) is 14.4 Å². The molecule has 0 saturated heterocycles. The maximum atomic E-state index is 12.1. The van der Waals surface area contributed by atoms with Gasteiger partial charge < -0.3 is 15.3 Å². The van der Waals surface area contributed by atoms with Crippen LogP contribution in [0.4, 0.5) is 5.69 Å². The number of anilines is 1. The molecule has 0 aliphatic rings. The van der Waals surface area contributed by atoms with Crippen molar-refractivity contribution in [3.63, 3.8) is 0 Å². The largest absolute Gasteiger partial charge is 0.481 e. The molecular weight excluding hydrogens is 260 g/mol. The van der Waals surface area contributed by atoms with Crippen LogP contribution < -0.4 is 10.2 Å². The molecule has 0 saturated carbocycles. The van der Waals surface area contributed by atoms with Crippen LogP contribution in [0.25, 0.3) is 0 Å². The Kier molecular flexibility index (Phi) is 6.22. The molecule has 1 rings (SSSR count). The number of carboxylic acid groups (broad SMARTS) is 1. The monoisotopic (exact) mass is 278 g/mol. The zero-order valence-corrected chi connectivity index (χ0v) is 11.3. The highest BCUT2D eigenvalue weighted by Crippen LogP contribution is 2.14. The van der Waals surface area contributed by atoms with Crippen molar-refractivity contribution in [1.29, 1.82) is 0 Å². The van der Waals surface area contributed by atoms with Gasteiger partial charge in [-0.3, -0.25) is 14.4 Å². The number of nitrogens with zero attached hydrogens (tertiary/aromatic N) is 1. The quantitative estimate of drug-likeness (QED) is 0.779. The van der Waals surface area contributed by atoms with E-state index >= 15 is 0 Å². The van der Waals surface area contributed by atoms with Gasteiger partial charge in [-0.1, -0.05) is 18.2 Å². The van der Waals surface area contributed by atoms with Crippen LogP contribution in [0, 0.1) is 0 Å². The molecule has 0 atom stereocenters. The zero-order valence-electron chi connectivity index (χ0n) is 11.3. The maximum absolute atomic E-state index is 12.1. The van der Waals surface area contributed by atoms with Gasteiger partial charge in [-0.15, -0.1) is 0 Å². The smallest absolute Gasteiger partial charge is 0.303 e. The van der Waals surface area contributed by atoms with Crippen LogP contribution in [0.5, 0.6) is 0 Å². The highest BCUT2D eigenvalue weighted by molar-refractivity contribution is 5.96. The molecule has 20 heavy (non-hydrogen) atoms. The molecular formula is C14H18N2O4. The van der Waals surface area contributed by atoms with E-state index in [0.717, 1.165) is 0 Å². The maximum Gasteiger partial charge on any atom is 0.303 e. The van der Waals surface area contributed by atoms with Crippen molar-refractivity contribution in [2.24, 2.45) is 0 Å². The van der Waals surface area contributed by atoms with Gasteiger partial charge in [0, 0.05) is 25.6 Å². The van der Waals surface area contributed by atoms with E-state index in [1.165, 1.54) is 11.8 Å². The number of hydrogen-bond donors (Lipinski definition) is 2. The molecule has 0 fully saturated rings. The van der Waals surface area contributed by atoms with Gasteiger partial charge in [0.05, 0.1) is 6.54 Å². The first-order valence-electron chi connectivity index (χ1n) is 6.32. The lowest BCUT2D eigenvalue weighted by Crippen LogP contribution is -2.40. The van der Waals surface area contributed by atoms with Crippen LogP contribution >= 0.6 is 0 Å². The van der Waals surface area contributed by atoms with Crippen molar-refractivity contribution < 1.29 is 19.5 Å². The Morgan fingerprint density at radius 3 is 2.40 bits per heavy atom. The number of hydrogen-bond acceptors (Lipinski definition) is 3. The molecule has 6 nitrogen and oxygen atoms in total. The van der Waals surface area contributed by atoms with Crippen LogP contribution in [0.15, 0.2) is 30.3 Å². The molecule has 0 radical (unpaired) electrons. The Morgan fingerprint density at radius 2 is 1.85 bits per heavy atom. The number of aliphatic carboxylic acids is 1. The summed E-state index contributed by atoms with van der Waals surface area (Å²) in [6.45, 7) is 1.54. The summed E-state index contributed by atoms with van der Waals surface area (Å²) in [5, 5.41) is 11.1. The van der Waals surface area contributed by atoms with Crippen molar-refractivity contribution in [2.75, 3.05) is 18.0 Å². The second-order valence-corrected chi connectivity index (χ2v) is 4.29. The third-order valence-corrected chi connectivity index (χ3v) is 2.63. The lowest BCUT2D eigenvalue weighted by atomic mass is 10.2. The Labute approximate surface area is 117 Å². The number of carbonyl (C=O) groups excluding carboxylic acids is 2. The fourth-order valence-corrected chi connectivity index (χ4v) is 1.69. The summed E-state index contributed by atoms with van der Waals surface area (Å²) in [6.07, 6.45) is 0.354. The third-order valence-electron chi connectivity index (χ3n) is 2.63. The van der Waals surface area contributed by atoms with Crippen molar-refractivity contribution in [3.8, 4) is 0 Å². The summed E-state index contributed by atoms with van der Waals surface area (Å²) in [7, 11) is 0. The van der Waals surface area contributed by atoms with E-state index in [1.54, 1.807) is 24.3 Å². The average Bonchev–Trinajstić information content (AvgIpc) is 2.41. The first-order chi connectivity index (χ1) is 9.50.